The van der Waals surface area contributed by atoms with Gasteiger partial charge in [0.25, 0.3) is 5.91 Å². The normalized spacial score (nSPS) is 10.1. The second-order valence-corrected chi connectivity index (χ2v) is 4.05. The van der Waals surface area contributed by atoms with E-state index in [9.17, 15) is 14.9 Å². The highest BCUT2D eigenvalue weighted by Crippen LogP contribution is 2.27. The van der Waals surface area contributed by atoms with Crippen LogP contribution in [0, 0.1) is 10.1 Å². The van der Waals surface area contributed by atoms with Crippen molar-refractivity contribution >= 4 is 23.1 Å². The molecule has 2 rings (SSSR count). The summed E-state index contributed by atoms with van der Waals surface area (Å²) in [5.74, 6) is -0.142. The molecule has 0 aliphatic heterocycles. The van der Waals surface area contributed by atoms with Crippen LogP contribution in [0.5, 0.6) is 0 Å². The average Bonchev–Trinajstić information content (AvgIpc) is 2.46. The van der Waals surface area contributed by atoms with Crippen molar-refractivity contribution in [1.29, 1.82) is 0 Å². The third kappa shape index (κ3) is 2.41. The van der Waals surface area contributed by atoms with Crippen molar-refractivity contribution in [2.24, 2.45) is 0 Å². The second kappa shape index (κ2) is 5.35. The molecule has 102 valence electrons. The summed E-state index contributed by atoms with van der Waals surface area (Å²) in [5.41, 5.74) is 5.07. The lowest BCUT2D eigenvalue weighted by molar-refractivity contribution is -0.384. The van der Waals surface area contributed by atoms with Gasteiger partial charge < -0.3 is 5.73 Å². The van der Waals surface area contributed by atoms with Crippen LogP contribution in [0.1, 0.15) is 10.4 Å². The van der Waals surface area contributed by atoms with Gasteiger partial charge in [0.2, 0.25) is 0 Å². The lowest BCUT2D eigenvalue weighted by Crippen LogP contribution is -2.27. The molecule has 1 aromatic carbocycles. The molecule has 0 saturated carbocycles. The lowest BCUT2D eigenvalue weighted by Gasteiger charge is -2.16. The fourth-order valence-corrected chi connectivity index (χ4v) is 1.77. The SMILES string of the molecule is CN(C(=O)c1cccc(N)c1[N+](=O)[O-])c1ccccn1. The number of benzene rings is 1. The summed E-state index contributed by atoms with van der Waals surface area (Å²) in [4.78, 5) is 28.0. The van der Waals surface area contributed by atoms with E-state index in [1.807, 2.05) is 0 Å². The standard InChI is InChI=1S/C13H12N4O3/c1-16(11-7-2-3-8-15-11)13(18)9-5-4-6-10(14)12(9)17(19)20/h2-8H,14H2,1H3. The summed E-state index contributed by atoms with van der Waals surface area (Å²) < 4.78 is 0. The second-order valence-electron chi connectivity index (χ2n) is 4.05. The molecule has 0 atom stereocenters. The fourth-order valence-electron chi connectivity index (χ4n) is 1.77. The van der Waals surface area contributed by atoms with Gasteiger partial charge in [-0.1, -0.05) is 12.1 Å². The molecule has 0 saturated heterocycles. The molecule has 0 spiro atoms. The first-order chi connectivity index (χ1) is 9.52. The highest BCUT2D eigenvalue weighted by Gasteiger charge is 2.26. The maximum absolute atomic E-state index is 12.3. The topological polar surface area (TPSA) is 102 Å². The van der Waals surface area contributed by atoms with Gasteiger partial charge in [-0.2, -0.15) is 0 Å². The van der Waals surface area contributed by atoms with Crippen LogP contribution >= 0.6 is 0 Å². The van der Waals surface area contributed by atoms with Crippen molar-refractivity contribution in [3.8, 4) is 0 Å². The predicted octanol–water partition coefficient (Wildman–Crippen LogP) is 1.85. The minimum Gasteiger partial charge on any atom is -0.393 e. The lowest BCUT2D eigenvalue weighted by atomic mass is 10.1. The molecular formula is C13H12N4O3. The van der Waals surface area contributed by atoms with Crippen LogP contribution in [-0.2, 0) is 0 Å². The Morgan fingerprint density at radius 1 is 1.30 bits per heavy atom. The summed E-state index contributed by atoms with van der Waals surface area (Å²) in [7, 11) is 1.50. The largest absolute Gasteiger partial charge is 0.393 e. The van der Waals surface area contributed by atoms with Crippen LogP contribution in [0.15, 0.2) is 42.6 Å². The average molecular weight is 272 g/mol. The number of carbonyl (C=O) groups is 1. The predicted molar refractivity (Wildman–Crippen MR) is 74.5 cm³/mol. The van der Waals surface area contributed by atoms with E-state index in [0.29, 0.717) is 5.82 Å². The Morgan fingerprint density at radius 3 is 2.65 bits per heavy atom. The third-order valence-electron chi connectivity index (χ3n) is 2.78. The molecule has 1 aromatic heterocycles. The minimum atomic E-state index is -0.658. The van der Waals surface area contributed by atoms with Crippen molar-refractivity contribution in [3.63, 3.8) is 0 Å². The number of rotatable bonds is 3. The van der Waals surface area contributed by atoms with Gasteiger partial charge in [0.05, 0.1) is 4.92 Å². The van der Waals surface area contributed by atoms with Crippen molar-refractivity contribution < 1.29 is 9.72 Å². The van der Waals surface area contributed by atoms with Gasteiger partial charge in [0, 0.05) is 13.2 Å². The van der Waals surface area contributed by atoms with Crippen molar-refractivity contribution in [3.05, 3.63) is 58.3 Å². The fraction of sp³-hybridized carbons (Fsp3) is 0.0769. The Bertz CT molecular complexity index is 658. The number of nitro benzene ring substituents is 1. The number of nitrogens with two attached hydrogens (primary N) is 1. The Balaban J connectivity index is 2.44. The van der Waals surface area contributed by atoms with Gasteiger partial charge in [-0.15, -0.1) is 0 Å². The zero-order chi connectivity index (χ0) is 14.7. The van der Waals surface area contributed by atoms with Gasteiger partial charge in [-0.05, 0) is 24.3 Å². The molecule has 0 fully saturated rings. The Kier molecular flexibility index (Phi) is 3.60. The monoisotopic (exact) mass is 272 g/mol. The summed E-state index contributed by atoms with van der Waals surface area (Å²) in [5, 5.41) is 11.0. The molecule has 0 bridgehead atoms. The van der Waals surface area contributed by atoms with Crippen molar-refractivity contribution in [2.45, 2.75) is 0 Å². The number of nitro groups is 1. The molecule has 2 N–H and O–H groups in total. The first kappa shape index (κ1) is 13.5. The quantitative estimate of drug-likeness (QED) is 0.521. The van der Waals surface area contributed by atoms with Crippen LogP contribution in [0.4, 0.5) is 17.2 Å². The van der Waals surface area contributed by atoms with Crippen LogP contribution in [-0.4, -0.2) is 22.9 Å². The van der Waals surface area contributed by atoms with E-state index in [1.165, 1.54) is 36.3 Å². The maximum atomic E-state index is 12.3. The minimum absolute atomic E-state index is 0.0460. The van der Waals surface area contributed by atoms with Crippen LogP contribution in [0.2, 0.25) is 0 Å². The maximum Gasteiger partial charge on any atom is 0.304 e. The van der Waals surface area contributed by atoms with Crippen LogP contribution in [0.3, 0.4) is 0 Å². The Hall–Kier alpha value is -2.96. The molecule has 2 aromatic rings. The third-order valence-corrected chi connectivity index (χ3v) is 2.78. The summed E-state index contributed by atoms with van der Waals surface area (Å²) in [6.45, 7) is 0. The number of hydrogen-bond acceptors (Lipinski definition) is 5. The number of aromatic nitrogens is 1. The van der Waals surface area contributed by atoms with E-state index >= 15 is 0 Å². The highest BCUT2D eigenvalue weighted by molar-refractivity contribution is 6.09. The van der Waals surface area contributed by atoms with E-state index in [4.69, 9.17) is 5.73 Å². The van der Waals surface area contributed by atoms with E-state index in [1.54, 1.807) is 18.2 Å². The van der Waals surface area contributed by atoms with E-state index in [0.717, 1.165) is 0 Å². The van der Waals surface area contributed by atoms with E-state index < -0.39 is 10.8 Å². The number of amides is 1. The summed E-state index contributed by atoms with van der Waals surface area (Å²) >= 11 is 0. The molecule has 1 heterocycles. The number of nitrogen functional groups attached to an aromatic ring is 1. The zero-order valence-electron chi connectivity index (χ0n) is 10.7. The van der Waals surface area contributed by atoms with Crippen molar-refractivity contribution in [1.82, 2.24) is 4.98 Å². The number of carbonyl (C=O) groups excluding carboxylic acids is 1. The van der Waals surface area contributed by atoms with E-state index in [2.05, 4.69) is 4.98 Å². The number of para-hydroxylation sites is 1. The summed E-state index contributed by atoms with van der Waals surface area (Å²) in [6, 6.07) is 9.33. The van der Waals surface area contributed by atoms with Crippen LogP contribution < -0.4 is 10.6 Å². The highest BCUT2D eigenvalue weighted by atomic mass is 16.6. The number of anilines is 2. The Morgan fingerprint density at radius 2 is 2.05 bits per heavy atom. The van der Waals surface area contributed by atoms with E-state index in [-0.39, 0.29) is 16.9 Å². The summed E-state index contributed by atoms with van der Waals surface area (Å²) in [6.07, 6.45) is 1.53. The number of hydrogen-bond donors (Lipinski definition) is 1. The van der Waals surface area contributed by atoms with Gasteiger partial charge in [-0.25, -0.2) is 4.98 Å². The molecule has 0 unspecified atom stereocenters. The van der Waals surface area contributed by atoms with Gasteiger partial charge in [0.15, 0.2) is 0 Å². The number of nitrogens with zero attached hydrogens (tertiary/aromatic N) is 3. The van der Waals surface area contributed by atoms with Gasteiger partial charge in [0.1, 0.15) is 17.1 Å². The number of pyridine rings is 1. The first-order valence-electron chi connectivity index (χ1n) is 5.74. The molecule has 7 heteroatoms. The molecule has 20 heavy (non-hydrogen) atoms. The molecule has 1 amide bonds. The van der Waals surface area contributed by atoms with Gasteiger partial charge in [-0.3, -0.25) is 19.8 Å². The van der Waals surface area contributed by atoms with Crippen molar-refractivity contribution in [2.75, 3.05) is 17.7 Å². The smallest absolute Gasteiger partial charge is 0.304 e. The molecule has 0 aliphatic carbocycles. The molecule has 7 nitrogen and oxygen atoms in total. The van der Waals surface area contributed by atoms with Gasteiger partial charge >= 0.3 is 5.69 Å². The molecule has 0 aliphatic rings. The Labute approximate surface area is 114 Å². The van der Waals surface area contributed by atoms with Crippen LogP contribution in [0.25, 0.3) is 0 Å². The molecule has 0 radical (unpaired) electrons. The zero-order valence-corrected chi connectivity index (χ0v) is 10.7. The molecular weight excluding hydrogens is 260 g/mol. The first-order valence-corrected chi connectivity index (χ1v) is 5.74.